The number of alkyl halides is 3. The molecule has 24 heavy (non-hydrogen) atoms. The second kappa shape index (κ2) is 7.61. The summed E-state index contributed by atoms with van der Waals surface area (Å²) in [4.78, 5) is 30.9. The lowest BCUT2D eigenvalue weighted by atomic mass is 10.2. The van der Waals surface area contributed by atoms with Crippen molar-refractivity contribution in [2.45, 2.75) is 12.6 Å². The topological polar surface area (TPSA) is 65.5 Å². The number of likely N-dealkylation sites (N-methyl/N-ethyl adjacent to an activating group) is 1. The molecule has 1 saturated heterocycles. The summed E-state index contributed by atoms with van der Waals surface area (Å²) >= 11 is 0. The van der Waals surface area contributed by atoms with Gasteiger partial charge in [0.1, 0.15) is 5.69 Å². The Labute approximate surface area is 137 Å². The minimum absolute atomic E-state index is 0.0232. The highest BCUT2D eigenvalue weighted by Gasteiger charge is 2.32. The van der Waals surface area contributed by atoms with Gasteiger partial charge in [-0.25, -0.2) is 0 Å². The van der Waals surface area contributed by atoms with E-state index >= 15 is 0 Å². The maximum atomic E-state index is 12.4. The molecule has 0 bridgehead atoms. The second-order valence-corrected chi connectivity index (χ2v) is 5.62. The van der Waals surface area contributed by atoms with Gasteiger partial charge in [0.25, 0.3) is 5.91 Å². The normalized spacial score (nSPS) is 16.1. The third-order valence-electron chi connectivity index (χ3n) is 3.80. The van der Waals surface area contributed by atoms with Gasteiger partial charge in [-0.15, -0.1) is 0 Å². The van der Waals surface area contributed by atoms with Crippen molar-refractivity contribution in [3.05, 3.63) is 29.6 Å². The van der Waals surface area contributed by atoms with Crippen LogP contribution in [0.2, 0.25) is 0 Å². The number of carbonyl (C=O) groups excluding carboxylic acids is 2. The predicted octanol–water partition coefficient (Wildman–Crippen LogP) is 0.994. The molecular formula is C15H19F3N4O2. The van der Waals surface area contributed by atoms with Crippen LogP contribution in [0.1, 0.15) is 22.5 Å². The highest BCUT2D eigenvalue weighted by Crippen LogP contribution is 2.27. The molecule has 0 aromatic carbocycles. The molecule has 1 aliphatic heterocycles. The van der Waals surface area contributed by atoms with E-state index in [0.29, 0.717) is 13.1 Å². The molecule has 0 atom stereocenters. The molecule has 1 aliphatic rings. The second-order valence-electron chi connectivity index (χ2n) is 5.62. The van der Waals surface area contributed by atoms with Gasteiger partial charge in [0.15, 0.2) is 0 Å². The van der Waals surface area contributed by atoms with Crippen LogP contribution in [-0.2, 0) is 11.0 Å². The highest BCUT2D eigenvalue weighted by molar-refractivity contribution is 5.94. The molecule has 1 aromatic heterocycles. The molecule has 2 amide bonds. The Balaban J connectivity index is 1.78. The molecule has 0 saturated carbocycles. The molecule has 1 N–H and O–H groups in total. The Morgan fingerprint density at radius 3 is 2.42 bits per heavy atom. The largest absolute Gasteiger partial charge is 0.433 e. The minimum atomic E-state index is -4.54. The lowest BCUT2D eigenvalue weighted by Crippen LogP contribution is -2.47. The monoisotopic (exact) mass is 344 g/mol. The Hall–Kier alpha value is -2.16. The van der Waals surface area contributed by atoms with E-state index in [9.17, 15) is 22.8 Å². The van der Waals surface area contributed by atoms with Crippen molar-refractivity contribution in [3.8, 4) is 0 Å². The van der Waals surface area contributed by atoms with Crippen LogP contribution < -0.4 is 5.32 Å². The SMILES string of the molecule is CN1CCN(C(=O)CCNC(=O)c2ccc(C(F)(F)F)nc2)CC1. The standard InChI is InChI=1S/C15H19F3N4O2/c1-21-6-8-22(9-7-21)13(23)4-5-19-14(24)11-2-3-12(20-10-11)15(16,17)18/h2-3,10H,4-9H2,1H3,(H,19,24). The van der Waals surface area contributed by atoms with Crippen molar-refractivity contribution in [2.24, 2.45) is 0 Å². The predicted molar refractivity (Wildman–Crippen MR) is 80.3 cm³/mol. The van der Waals surface area contributed by atoms with Crippen LogP contribution >= 0.6 is 0 Å². The molecular weight excluding hydrogens is 325 g/mol. The average molecular weight is 344 g/mol. The van der Waals surface area contributed by atoms with Crippen LogP contribution in [0.4, 0.5) is 13.2 Å². The molecule has 0 unspecified atom stereocenters. The van der Waals surface area contributed by atoms with E-state index in [2.05, 4.69) is 15.2 Å². The molecule has 2 heterocycles. The van der Waals surface area contributed by atoms with E-state index in [-0.39, 0.29) is 24.4 Å². The van der Waals surface area contributed by atoms with E-state index < -0.39 is 17.8 Å². The molecule has 6 nitrogen and oxygen atoms in total. The zero-order valence-corrected chi connectivity index (χ0v) is 13.3. The van der Waals surface area contributed by atoms with Crippen molar-refractivity contribution in [2.75, 3.05) is 39.8 Å². The summed E-state index contributed by atoms with van der Waals surface area (Å²) in [6.07, 6.45) is -3.51. The first-order valence-electron chi connectivity index (χ1n) is 7.55. The van der Waals surface area contributed by atoms with Crippen molar-refractivity contribution in [1.29, 1.82) is 0 Å². The van der Waals surface area contributed by atoms with Crippen molar-refractivity contribution in [3.63, 3.8) is 0 Å². The summed E-state index contributed by atoms with van der Waals surface area (Å²) in [7, 11) is 1.99. The average Bonchev–Trinajstić information content (AvgIpc) is 2.54. The maximum absolute atomic E-state index is 12.4. The fourth-order valence-electron chi connectivity index (χ4n) is 2.29. The Kier molecular flexibility index (Phi) is 5.76. The number of aromatic nitrogens is 1. The fraction of sp³-hybridized carbons (Fsp3) is 0.533. The van der Waals surface area contributed by atoms with Crippen LogP contribution in [0.3, 0.4) is 0 Å². The van der Waals surface area contributed by atoms with E-state index in [1.165, 1.54) is 0 Å². The maximum Gasteiger partial charge on any atom is 0.433 e. The number of rotatable bonds is 4. The van der Waals surface area contributed by atoms with Gasteiger partial charge in [-0.2, -0.15) is 13.2 Å². The van der Waals surface area contributed by atoms with Gasteiger partial charge in [0, 0.05) is 45.3 Å². The first kappa shape index (κ1) is 18.2. The van der Waals surface area contributed by atoms with Crippen molar-refractivity contribution < 1.29 is 22.8 Å². The van der Waals surface area contributed by atoms with E-state index in [4.69, 9.17) is 0 Å². The molecule has 0 aliphatic carbocycles. The number of nitrogens with one attached hydrogen (secondary N) is 1. The van der Waals surface area contributed by atoms with Crippen molar-refractivity contribution in [1.82, 2.24) is 20.1 Å². The van der Waals surface area contributed by atoms with Crippen molar-refractivity contribution >= 4 is 11.8 Å². The third-order valence-corrected chi connectivity index (χ3v) is 3.80. The van der Waals surface area contributed by atoms with Crippen LogP contribution in [-0.4, -0.2) is 66.4 Å². The lowest BCUT2D eigenvalue weighted by Gasteiger charge is -2.32. The van der Waals surface area contributed by atoms with Gasteiger partial charge in [-0.05, 0) is 19.2 Å². The van der Waals surface area contributed by atoms with Gasteiger partial charge >= 0.3 is 6.18 Å². The smallest absolute Gasteiger partial charge is 0.351 e. The number of pyridine rings is 1. The molecule has 1 fully saturated rings. The Morgan fingerprint density at radius 2 is 1.88 bits per heavy atom. The van der Waals surface area contributed by atoms with Crippen LogP contribution in [0.5, 0.6) is 0 Å². The number of piperazine rings is 1. The summed E-state index contributed by atoms with van der Waals surface area (Å²) in [5.41, 5.74) is -1.03. The third kappa shape index (κ3) is 4.92. The van der Waals surface area contributed by atoms with E-state index in [1.807, 2.05) is 7.05 Å². The summed E-state index contributed by atoms with van der Waals surface area (Å²) in [5.74, 6) is -0.601. The minimum Gasteiger partial charge on any atom is -0.351 e. The Morgan fingerprint density at radius 1 is 1.21 bits per heavy atom. The van der Waals surface area contributed by atoms with Gasteiger partial charge in [-0.3, -0.25) is 14.6 Å². The first-order valence-corrected chi connectivity index (χ1v) is 7.55. The van der Waals surface area contributed by atoms with Crippen LogP contribution in [0, 0.1) is 0 Å². The van der Waals surface area contributed by atoms with E-state index in [0.717, 1.165) is 31.4 Å². The number of halogens is 3. The zero-order valence-electron chi connectivity index (χ0n) is 13.3. The van der Waals surface area contributed by atoms with E-state index in [1.54, 1.807) is 4.90 Å². The molecule has 0 spiro atoms. The summed E-state index contributed by atoms with van der Waals surface area (Å²) in [6.45, 7) is 3.08. The lowest BCUT2D eigenvalue weighted by molar-refractivity contribution is -0.141. The molecule has 1 aromatic rings. The molecule has 2 rings (SSSR count). The zero-order chi connectivity index (χ0) is 17.7. The van der Waals surface area contributed by atoms with Gasteiger partial charge in [-0.1, -0.05) is 0 Å². The summed E-state index contributed by atoms with van der Waals surface area (Å²) < 4.78 is 37.2. The number of hydrogen-bond acceptors (Lipinski definition) is 4. The van der Waals surface area contributed by atoms with Gasteiger partial charge in [0.2, 0.25) is 5.91 Å². The fourth-order valence-corrected chi connectivity index (χ4v) is 2.29. The Bertz CT molecular complexity index is 581. The van der Waals surface area contributed by atoms with Gasteiger partial charge in [0.05, 0.1) is 5.56 Å². The van der Waals surface area contributed by atoms with Crippen LogP contribution in [0.25, 0.3) is 0 Å². The summed E-state index contributed by atoms with van der Waals surface area (Å²) in [6, 6.07) is 1.82. The van der Waals surface area contributed by atoms with Crippen LogP contribution in [0.15, 0.2) is 18.3 Å². The quantitative estimate of drug-likeness (QED) is 0.885. The highest BCUT2D eigenvalue weighted by atomic mass is 19.4. The van der Waals surface area contributed by atoms with Gasteiger partial charge < -0.3 is 15.1 Å². The number of amides is 2. The molecule has 9 heteroatoms. The molecule has 0 radical (unpaired) electrons. The number of hydrogen-bond donors (Lipinski definition) is 1. The summed E-state index contributed by atoms with van der Waals surface area (Å²) in [5, 5.41) is 2.52. The molecule has 132 valence electrons. The number of carbonyl (C=O) groups is 2. The first-order chi connectivity index (χ1) is 11.3. The number of nitrogens with zero attached hydrogens (tertiary/aromatic N) is 3.